The van der Waals surface area contributed by atoms with E-state index in [1.807, 2.05) is 47.9 Å². The van der Waals surface area contributed by atoms with E-state index < -0.39 is 5.60 Å². The van der Waals surface area contributed by atoms with Crippen molar-refractivity contribution in [2.75, 3.05) is 20.3 Å². The Hall–Kier alpha value is -2.15. The second kappa shape index (κ2) is 7.46. The predicted molar refractivity (Wildman–Crippen MR) is 103 cm³/mol. The molecule has 4 rings (SSSR count). The third-order valence-corrected chi connectivity index (χ3v) is 5.56. The first-order valence-corrected chi connectivity index (χ1v) is 9.42. The molecule has 1 saturated heterocycles. The van der Waals surface area contributed by atoms with Gasteiger partial charge in [-0.2, -0.15) is 0 Å². The molecule has 1 aromatic carbocycles. The Morgan fingerprint density at radius 3 is 2.81 bits per heavy atom. The molecular weight excluding hydrogens is 366 g/mol. The number of methoxy groups -OCH3 is 1. The average molecular weight is 388 g/mol. The molecule has 0 aliphatic carbocycles. The van der Waals surface area contributed by atoms with Crippen LogP contribution in [-0.4, -0.2) is 34.9 Å². The van der Waals surface area contributed by atoms with E-state index in [9.17, 15) is 0 Å². The lowest BCUT2D eigenvalue weighted by Crippen LogP contribution is -2.31. The maximum Gasteiger partial charge on any atom is 0.204 e. The Bertz CT molecular complexity index is 949. The summed E-state index contributed by atoms with van der Waals surface area (Å²) in [5.74, 6) is 2.10. The minimum atomic E-state index is -0.513. The van der Waals surface area contributed by atoms with E-state index in [-0.39, 0.29) is 0 Å². The number of hydrogen-bond acceptors (Lipinski definition) is 5. The smallest absolute Gasteiger partial charge is 0.204 e. The molecule has 0 amide bonds. The number of hydrogen-bond donors (Lipinski definition) is 0. The van der Waals surface area contributed by atoms with Gasteiger partial charge < -0.3 is 14.2 Å². The van der Waals surface area contributed by atoms with Crippen LogP contribution >= 0.6 is 11.6 Å². The van der Waals surface area contributed by atoms with Crippen LogP contribution in [0.4, 0.5) is 0 Å². The summed E-state index contributed by atoms with van der Waals surface area (Å²) in [4.78, 5) is 0. The fourth-order valence-corrected chi connectivity index (χ4v) is 3.71. The maximum atomic E-state index is 6.21. The fraction of sp³-hybridized carbons (Fsp3) is 0.400. The second-order valence-electron chi connectivity index (χ2n) is 6.72. The molecule has 0 bridgehead atoms. The van der Waals surface area contributed by atoms with Gasteiger partial charge in [0.2, 0.25) is 5.65 Å². The van der Waals surface area contributed by atoms with Gasteiger partial charge in [0.05, 0.1) is 0 Å². The predicted octanol–water partition coefficient (Wildman–Crippen LogP) is 4.53. The van der Waals surface area contributed by atoms with Crippen LogP contribution in [0.15, 0.2) is 36.5 Å². The van der Waals surface area contributed by atoms with E-state index in [0.717, 1.165) is 37.3 Å². The molecule has 3 heterocycles. The Labute approximate surface area is 163 Å². The fourth-order valence-electron chi connectivity index (χ4n) is 3.54. The van der Waals surface area contributed by atoms with Crippen molar-refractivity contribution < 1.29 is 14.2 Å². The van der Waals surface area contributed by atoms with Crippen molar-refractivity contribution >= 4 is 17.2 Å². The van der Waals surface area contributed by atoms with Gasteiger partial charge in [-0.05, 0) is 44.0 Å². The molecule has 1 fully saturated rings. The highest BCUT2D eigenvalue weighted by atomic mass is 35.5. The van der Waals surface area contributed by atoms with Gasteiger partial charge in [-0.25, -0.2) is 0 Å². The zero-order valence-electron chi connectivity index (χ0n) is 15.4. The number of aromatic nitrogens is 3. The molecule has 1 atom stereocenters. The molecule has 0 N–H and O–H groups in total. The zero-order chi connectivity index (χ0) is 18.9. The van der Waals surface area contributed by atoms with Crippen LogP contribution in [-0.2, 0) is 15.1 Å². The molecule has 142 valence electrons. The third kappa shape index (κ3) is 3.29. The minimum absolute atomic E-state index is 0.513. The van der Waals surface area contributed by atoms with Gasteiger partial charge >= 0.3 is 0 Å². The average Bonchev–Trinajstić information content (AvgIpc) is 2.98. The largest absolute Gasteiger partial charge is 0.453 e. The molecule has 6 nitrogen and oxygen atoms in total. The minimum Gasteiger partial charge on any atom is -0.453 e. The van der Waals surface area contributed by atoms with Crippen LogP contribution in [0.1, 0.15) is 30.7 Å². The molecule has 0 unspecified atom stereocenters. The second-order valence-corrected chi connectivity index (χ2v) is 7.13. The summed E-state index contributed by atoms with van der Waals surface area (Å²) in [5, 5.41) is 9.54. The van der Waals surface area contributed by atoms with Crippen molar-refractivity contribution in [3.63, 3.8) is 0 Å². The van der Waals surface area contributed by atoms with Gasteiger partial charge in [-0.15, -0.1) is 10.2 Å². The highest BCUT2D eigenvalue weighted by molar-refractivity contribution is 6.31. The lowest BCUT2D eigenvalue weighted by atomic mass is 9.93. The normalized spacial score (nSPS) is 20.6. The van der Waals surface area contributed by atoms with Gasteiger partial charge in [0.25, 0.3) is 0 Å². The molecule has 0 spiro atoms. The summed E-state index contributed by atoms with van der Waals surface area (Å²) >= 11 is 6.21. The third-order valence-electron chi connectivity index (χ3n) is 5.15. The molecule has 0 radical (unpaired) electrons. The standard InChI is InChI=1S/C20H22ClN3O3/c1-14-15(21)6-3-7-16(14)27-17-8-4-11-24-18(17)22-23-19(24)20(25-2)9-5-12-26-13-10-20/h3-4,6-8,11H,5,9-10,12-13H2,1-2H3/t20-/m0/s1. The van der Waals surface area contributed by atoms with Crippen LogP contribution in [0.25, 0.3) is 5.65 Å². The van der Waals surface area contributed by atoms with Gasteiger partial charge in [-0.3, -0.25) is 4.40 Å². The lowest BCUT2D eigenvalue weighted by molar-refractivity contribution is -0.0389. The molecule has 7 heteroatoms. The first kappa shape index (κ1) is 18.2. The summed E-state index contributed by atoms with van der Waals surface area (Å²) < 4.78 is 19.6. The first-order chi connectivity index (χ1) is 13.1. The summed E-state index contributed by atoms with van der Waals surface area (Å²) in [6.45, 7) is 3.31. The zero-order valence-corrected chi connectivity index (χ0v) is 16.2. The summed E-state index contributed by atoms with van der Waals surface area (Å²) in [5.41, 5.74) is 1.02. The Morgan fingerprint density at radius 1 is 1.11 bits per heavy atom. The van der Waals surface area contributed by atoms with Crippen LogP contribution in [0.2, 0.25) is 5.02 Å². The summed E-state index contributed by atoms with van der Waals surface area (Å²) in [6.07, 6.45) is 4.43. The van der Waals surface area contributed by atoms with Crippen LogP contribution in [0, 0.1) is 6.92 Å². The van der Waals surface area contributed by atoms with Crippen LogP contribution in [0.5, 0.6) is 11.5 Å². The lowest BCUT2D eigenvalue weighted by Gasteiger charge is -2.28. The summed E-state index contributed by atoms with van der Waals surface area (Å²) in [7, 11) is 1.72. The highest BCUT2D eigenvalue weighted by Crippen LogP contribution is 2.37. The number of benzene rings is 1. The summed E-state index contributed by atoms with van der Waals surface area (Å²) in [6, 6.07) is 9.40. The van der Waals surface area contributed by atoms with E-state index in [0.29, 0.717) is 28.8 Å². The van der Waals surface area contributed by atoms with Gasteiger partial charge in [0.15, 0.2) is 11.6 Å². The van der Waals surface area contributed by atoms with Gasteiger partial charge in [-0.1, -0.05) is 17.7 Å². The molecule has 2 aromatic heterocycles. The quantitative estimate of drug-likeness (QED) is 0.658. The Kier molecular flexibility index (Phi) is 5.04. The van der Waals surface area contributed by atoms with E-state index in [1.165, 1.54) is 0 Å². The van der Waals surface area contributed by atoms with Gasteiger partial charge in [0, 0.05) is 43.5 Å². The molecule has 1 aliphatic rings. The first-order valence-electron chi connectivity index (χ1n) is 9.05. The maximum absolute atomic E-state index is 6.21. The Balaban J connectivity index is 1.76. The Morgan fingerprint density at radius 2 is 1.96 bits per heavy atom. The number of halogens is 1. The number of fused-ring (bicyclic) bond motifs is 1. The molecule has 1 aliphatic heterocycles. The molecule has 0 saturated carbocycles. The van der Waals surface area contributed by atoms with E-state index in [4.69, 9.17) is 25.8 Å². The molecular formula is C20H22ClN3O3. The molecule has 27 heavy (non-hydrogen) atoms. The SMILES string of the molecule is CO[C@@]1(c2nnc3c(Oc4cccc(Cl)c4C)cccn23)CCCOCC1. The van der Waals surface area contributed by atoms with Crippen molar-refractivity contribution in [1.29, 1.82) is 0 Å². The highest BCUT2D eigenvalue weighted by Gasteiger charge is 2.38. The van der Waals surface area contributed by atoms with E-state index in [2.05, 4.69) is 10.2 Å². The monoisotopic (exact) mass is 387 g/mol. The van der Waals surface area contributed by atoms with Crippen molar-refractivity contribution in [1.82, 2.24) is 14.6 Å². The van der Waals surface area contributed by atoms with Crippen molar-refractivity contribution in [3.8, 4) is 11.5 Å². The van der Waals surface area contributed by atoms with Crippen molar-refractivity contribution in [2.45, 2.75) is 31.8 Å². The van der Waals surface area contributed by atoms with E-state index >= 15 is 0 Å². The number of pyridine rings is 1. The van der Waals surface area contributed by atoms with Crippen molar-refractivity contribution in [3.05, 3.63) is 52.9 Å². The van der Waals surface area contributed by atoms with Crippen LogP contribution < -0.4 is 4.74 Å². The number of rotatable bonds is 4. The van der Waals surface area contributed by atoms with Crippen LogP contribution in [0.3, 0.4) is 0 Å². The van der Waals surface area contributed by atoms with E-state index in [1.54, 1.807) is 7.11 Å². The topological polar surface area (TPSA) is 57.9 Å². The number of nitrogens with zero attached hydrogens (tertiary/aromatic N) is 3. The number of ether oxygens (including phenoxy) is 3. The van der Waals surface area contributed by atoms with Crippen molar-refractivity contribution in [2.24, 2.45) is 0 Å². The molecule has 3 aromatic rings. The van der Waals surface area contributed by atoms with Gasteiger partial charge in [0.1, 0.15) is 11.4 Å².